The monoisotopic (exact) mass is 457 g/mol. The number of carbonyl (C=O) groups is 1. The fraction of sp³-hybridized carbons (Fsp3) is 0.217. The quantitative estimate of drug-likeness (QED) is 0.446. The molecule has 1 fully saturated rings. The van der Waals surface area contributed by atoms with Crippen LogP contribution in [0.1, 0.15) is 27.5 Å². The van der Waals surface area contributed by atoms with Gasteiger partial charge in [0, 0.05) is 22.9 Å². The molecule has 9 heteroatoms. The van der Waals surface area contributed by atoms with Gasteiger partial charge in [0.15, 0.2) is 0 Å². The van der Waals surface area contributed by atoms with Crippen LogP contribution in [0.2, 0.25) is 0 Å². The van der Waals surface area contributed by atoms with Crippen molar-refractivity contribution in [1.29, 1.82) is 0 Å². The van der Waals surface area contributed by atoms with Crippen molar-refractivity contribution in [2.45, 2.75) is 12.2 Å². The van der Waals surface area contributed by atoms with Gasteiger partial charge in [-0.3, -0.25) is 4.79 Å². The van der Waals surface area contributed by atoms with Crippen molar-refractivity contribution in [1.82, 2.24) is 9.88 Å². The number of carbonyl (C=O) groups excluding carboxylic acids is 1. The SMILES string of the molecule is Nc1nc2ccc(C(=O)N3CCOC[C@H]3c3ccc(C(F)(F)F)cc3)cc2c2ccsc12. The average molecular weight is 457 g/mol. The molecule has 164 valence electrons. The van der Waals surface area contributed by atoms with E-state index in [-0.39, 0.29) is 12.5 Å². The van der Waals surface area contributed by atoms with Crippen LogP contribution in [0.3, 0.4) is 0 Å². The average Bonchev–Trinajstić information content (AvgIpc) is 3.29. The van der Waals surface area contributed by atoms with Gasteiger partial charge in [0.25, 0.3) is 5.91 Å². The first-order valence-electron chi connectivity index (χ1n) is 9.95. The van der Waals surface area contributed by atoms with Gasteiger partial charge in [-0.05, 0) is 47.3 Å². The molecular weight excluding hydrogens is 439 g/mol. The number of amides is 1. The molecule has 0 saturated carbocycles. The zero-order chi connectivity index (χ0) is 22.5. The lowest BCUT2D eigenvalue weighted by Crippen LogP contribution is -2.43. The highest BCUT2D eigenvalue weighted by molar-refractivity contribution is 7.18. The lowest BCUT2D eigenvalue weighted by molar-refractivity contribution is -0.137. The fourth-order valence-electron chi connectivity index (χ4n) is 4.07. The Hall–Kier alpha value is -3.17. The second kappa shape index (κ2) is 7.75. The van der Waals surface area contributed by atoms with Crippen LogP contribution in [0.15, 0.2) is 53.9 Å². The number of nitrogen functional groups attached to an aromatic ring is 1. The Morgan fingerprint density at radius 1 is 1.12 bits per heavy atom. The van der Waals surface area contributed by atoms with Crippen LogP contribution >= 0.6 is 11.3 Å². The maximum atomic E-state index is 13.4. The highest BCUT2D eigenvalue weighted by Crippen LogP contribution is 2.34. The summed E-state index contributed by atoms with van der Waals surface area (Å²) in [5.74, 6) is 0.248. The maximum absolute atomic E-state index is 13.4. The van der Waals surface area contributed by atoms with E-state index in [4.69, 9.17) is 10.5 Å². The third kappa shape index (κ3) is 3.57. The van der Waals surface area contributed by atoms with E-state index in [2.05, 4.69) is 4.98 Å². The van der Waals surface area contributed by atoms with Gasteiger partial charge in [0.2, 0.25) is 0 Å². The van der Waals surface area contributed by atoms with Gasteiger partial charge in [0.1, 0.15) is 5.82 Å². The summed E-state index contributed by atoms with van der Waals surface area (Å²) >= 11 is 1.49. The van der Waals surface area contributed by atoms with Crippen LogP contribution in [0.4, 0.5) is 19.0 Å². The summed E-state index contributed by atoms with van der Waals surface area (Å²) in [7, 11) is 0. The number of fused-ring (bicyclic) bond motifs is 3. The van der Waals surface area contributed by atoms with E-state index in [0.717, 1.165) is 27.6 Å². The van der Waals surface area contributed by atoms with E-state index in [0.29, 0.717) is 35.6 Å². The number of anilines is 1. The molecule has 32 heavy (non-hydrogen) atoms. The Morgan fingerprint density at radius 2 is 1.91 bits per heavy atom. The summed E-state index contributed by atoms with van der Waals surface area (Å²) in [6.45, 7) is 0.928. The van der Waals surface area contributed by atoms with Gasteiger partial charge in [-0.2, -0.15) is 13.2 Å². The predicted octanol–water partition coefficient (Wildman–Crippen LogP) is 5.26. The number of hydrogen-bond donors (Lipinski definition) is 1. The summed E-state index contributed by atoms with van der Waals surface area (Å²) in [5, 5.41) is 3.70. The van der Waals surface area contributed by atoms with Crippen molar-refractivity contribution >= 4 is 44.1 Å². The number of aromatic nitrogens is 1. The molecule has 4 aromatic rings. The minimum absolute atomic E-state index is 0.208. The number of halogens is 3. The van der Waals surface area contributed by atoms with E-state index < -0.39 is 17.8 Å². The highest BCUT2D eigenvalue weighted by Gasteiger charge is 2.33. The zero-order valence-corrected chi connectivity index (χ0v) is 17.5. The van der Waals surface area contributed by atoms with Crippen molar-refractivity contribution in [3.63, 3.8) is 0 Å². The number of nitrogens with two attached hydrogens (primary N) is 1. The number of pyridine rings is 1. The Morgan fingerprint density at radius 3 is 2.66 bits per heavy atom. The molecule has 5 rings (SSSR count). The minimum atomic E-state index is -4.41. The Labute approximate surface area is 185 Å². The number of hydrogen-bond acceptors (Lipinski definition) is 5. The van der Waals surface area contributed by atoms with Crippen LogP contribution in [0.25, 0.3) is 21.0 Å². The number of thiophene rings is 1. The fourth-order valence-corrected chi connectivity index (χ4v) is 4.88. The molecule has 1 aliphatic heterocycles. The number of nitrogens with zero attached hydrogens (tertiary/aromatic N) is 2. The van der Waals surface area contributed by atoms with Gasteiger partial charge >= 0.3 is 6.18 Å². The van der Waals surface area contributed by atoms with Crippen molar-refractivity contribution in [3.8, 4) is 0 Å². The third-order valence-corrected chi connectivity index (χ3v) is 6.62. The molecule has 2 aromatic heterocycles. The first-order chi connectivity index (χ1) is 15.3. The van der Waals surface area contributed by atoms with Gasteiger partial charge in [-0.25, -0.2) is 4.98 Å². The standard InChI is InChI=1S/C23H18F3N3O2S/c24-23(25,26)15-4-1-13(2-5-15)19-12-31-9-8-29(19)22(30)14-3-6-18-17(11-14)16-7-10-32-20(16)21(27)28-18/h1-7,10-11,19H,8-9,12H2,(H2,27,28)/t19-/m0/s1. The van der Waals surface area contributed by atoms with Crippen LogP contribution in [-0.4, -0.2) is 35.5 Å². The number of morpholine rings is 1. The normalized spacial score (nSPS) is 17.2. The molecule has 0 aliphatic carbocycles. The lowest BCUT2D eigenvalue weighted by atomic mass is 10.0. The maximum Gasteiger partial charge on any atom is 0.416 e. The summed E-state index contributed by atoms with van der Waals surface area (Å²) in [6.07, 6.45) is -4.41. The predicted molar refractivity (Wildman–Crippen MR) is 118 cm³/mol. The molecule has 0 unspecified atom stereocenters. The van der Waals surface area contributed by atoms with Crippen molar-refractivity contribution < 1.29 is 22.7 Å². The Bertz CT molecular complexity index is 1320. The highest BCUT2D eigenvalue weighted by atomic mass is 32.1. The number of alkyl halides is 3. The molecule has 3 heterocycles. The van der Waals surface area contributed by atoms with Gasteiger partial charge in [-0.15, -0.1) is 11.3 Å². The molecule has 0 radical (unpaired) electrons. The largest absolute Gasteiger partial charge is 0.416 e. The molecule has 2 N–H and O–H groups in total. The molecule has 0 bridgehead atoms. The second-order valence-electron chi connectivity index (χ2n) is 7.60. The minimum Gasteiger partial charge on any atom is -0.382 e. The van der Waals surface area contributed by atoms with Crippen LogP contribution < -0.4 is 5.73 Å². The van der Waals surface area contributed by atoms with E-state index in [1.165, 1.54) is 23.5 Å². The Kier molecular flexibility index (Phi) is 5.02. The van der Waals surface area contributed by atoms with Crippen LogP contribution in [-0.2, 0) is 10.9 Å². The van der Waals surface area contributed by atoms with E-state index in [1.807, 2.05) is 11.4 Å². The van der Waals surface area contributed by atoms with Gasteiger partial charge in [0.05, 0.1) is 35.0 Å². The number of rotatable bonds is 2. The first-order valence-corrected chi connectivity index (χ1v) is 10.8. The second-order valence-corrected chi connectivity index (χ2v) is 8.52. The first kappa shape index (κ1) is 20.7. The molecule has 1 amide bonds. The smallest absolute Gasteiger partial charge is 0.382 e. The summed E-state index contributed by atoms with van der Waals surface area (Å²) in [5.41, 5.74) is 7.10. The van der Waals surface area contributed by atoms with Crippen LogP contribution in [0.5, 0.6) is 0 Å². The molecule has 5 nitrogen and oxygen atoms in total. The van der Waals surface area contributed by atoms with Crippen molar-refractivity contribution in [2.24, 2.45) is 0 Å². The zero-order valence-electron chi connectivity index (χ0n) is 16.7. The van der Waals surface area contributed by atoms with E-state index >= 15 is 0 Å². The van der Waals surface area contributed by atoms with Crippen molar-refractivity contribution in [3.05, 3.63) is 70.6 Å². The molecule has 0 spiro atoms. The lowest BCUT2D eigenvalue weighted by Gasteiger charge is -2.36. The molecule has 1 saturated heterocycles. The Balaban J connectivity index is 1.50. The molecular formula is C23H18F3N3O2S. The number of benzene rings is 2. The molecule has 2 aromatic carbocycles. The van der Waals surface area contributed by atoms with E-state index in [1.54, 1.807) is 23.1 Å². The summed E-state index contributed by atoms with van der Waals surface area (Å²) in [6, 6.07) is 11.6. The van der Waals surface area contributed by atoms with E-state index in [9.17, 15) is 18.0 Å². The van der Waals surface area contributed by atoms with Gasteiger partial charge in [-0.1, -0.05) is 12.1 Å². The van der Waals surface area contributed by atoms with Gasteiger partial charge < -0.3 is 15.4 Å². The van der Waals surface area contributed by atoms with Crippen molar-refractivity contribution in [2.75, 3.05) is 25.5 Å². The number of ether oxygens (including phenoxy) is 1. The summed E-state index contributed by atoms with van der Waals surface area (Å²) in [4.78, 5) is 19.5. The molecule has 1 atom stereocenters. The van der Waals surface area contributed by atoms with Crippen LogP contribution in [0, 0.1) is 0 Å². The third-order valence-electron chi connectivity index (χ3n) is 5.68. The summed E-state index contributed by atoms with van der Waals surface area (Å²) < 4.78 is 45.2. The molecule has 1 aliphatic rings. The topological polar surface area (TPSA) is 68.5 Å².